The summed E-state index contributed by atoms with van der Waals surface area (Å²) in [4.78, 5) is 0. The van der Waals surface area contributed by atoms with Gasteiger partial charge in [-0.3, -0.25) is 0 Å². The van der Waals surface area contributed by atoms with Crippen molar-refractivity contribution in [3.05, 3.63) is 69.4 Å². The van der Waals surface area contributed by atoms with Crippen LogP contribution in [-0.2, 0) is 12.0 Å². The van der Waals surface area contributed by atoms with Gasteiger partial charge in [0, 0.05) is 10.9 Å². The SMILES string of the molecule is Cc1ccc(F)cc1CC(C)(O)c1ccc(Br)cc1. The van der Waals surface area contributed by atoms with Crippen LogP contribution in [-0.4, -0.2) is 5.11 Å². The normalized spacial score (nSPS) is 14.2. The molecule has 1 atom stereocenters. The molecule has 19 heavy (non-hydrogen) atoms. The Balaban J connectivity index is 2.30. The predicted octanol–water partition coefficient (Wildman–Crippen LogP) is 4.35. The maximum atomic E-state index is 13.3. The van der Waals surface area contributed by atoms with Crippen LogP contribution in [0.2, 0.25) is 0 Å². The summed E-state index contributed by atoms with van der Waals surface area (Å²) in [5, 5.41) is 10.6. The number of hydrogen-bond acceptors (Lipinski definition) is 1. The molecule has 0 aliphatic heterocycles. The molecule has 0 radical (unpaired) electrons. The summed E-state index contributed by atoms with van der Waals surface area (Å²) in [6, 6.07) is 12.2. The summed E-state index contributed by atoms with van der Waals surface area (Å²) in [7, 11) is 0. The van der Waals surface area contributed by atoms with Crippen molar-refractivity contribution in [1.29, 1.82) is 0 Å². The van der Waals surface area contributed by atoms with Crippen LogP contribution in [0.25, 0.3) is 0 Å². The zero-order chi connectivity index (χ0) is 14.0. The van der Waals surface area contributed by atoms with E-state index in [0.29, 0.717) is 6.42 Å². The number of rotatable bonds is 3. The first-order valence-electron chi connectivity index (χ1n) is 6.12. The number of hydrogen-bond donors (Lipinski definition) is 1. The zero-order valence-corrected chi connectivity index (χ0v) is 12.5. The van der Waals surface area contributed by atoms with Crippen molar-refractivity contribution in [3.63, 3.8) is 0 Å². The molecule has 1 unspecified atom stereocenters. The van der Waals surface area contributed by atoms with Gasteiger partial charge in [0.2, 0.25) is 0 Å². The van der Waals surface area contributed by atoms with Gasteiger partial charge in [0.1, 0.15) is 5.82 Å². The largest absolute Gasteiger partial charge is 0.385 e. The van der Waals surface area contributed by atoms with Crippen LogP contribution in [0.15, 0.2) is 46.9 Å². The quantitative estimate of drug-likeness (QED) is 0.890. The zero-order valence-electron chi connectivity index (χ0n) is 11.0. The first-order chi connectivity index (χ1) is 8.88. The van der Waals surface area contributed by atoms with Gasteiger partial charge in [0.25, 0.3) is 0 Å². The van der Waals surface area contributed by atoms with Gasteiger partial charge in [-0.15, -0.1) is 0 Å². The second kappa shape index (κ2) is 5.43. The van der Waals surface area contributed by atoms with E-state index in [0.717, 1.165) is 21.2 Å². The summed E-state index contributed by atoms with van der Waals surface area (Å²) >= 11 is 3.37. The van der Waals surface area contributed by atoms with E-state index in [2.05, 4.69) is 15.9 Å². The highest BCUT2D eigenvalue weighted by molar-refractivity contribution is 9.10. The molecule has 2 aromatic carbocycles. The van der Waals surface area contributed by atoms with Crippen molar-refractivity contribution < 1.29 is 9.50 Å². The van der Waals surface area contributed by atoms with Crippen LogP contribution < -0.4 is 0 Å². The van der Waals surface area contributed by atoms with Crippen molar-refractivity contribution in [2.75, 3.05) is 0 Å². The van der Waals surface area contributed by atoms with Crippen molar-refractivity contribution in [2.45, 2.75) is 25.9 Å². The van der Waals surface area contributed by atoms with E-state index in [1.54, 1.807) is 13.0 Å². The molecule has 0 bridgehead atoms. The molecule has 0 aliphatic carbocycles. The van der Waals surface area contributed by atoms with Crippen LogP contribution in [0.5, 0.6) is 0 Å². The van der Waals surface area contributed by atoms with E-state index < -0.39 is 5.60 Å². The summed E-state index contributed by atoms with van der Waals surface area (Å²) in [6.07, 6.45) is 0.387. The molecule has 0 fully saturated rings. The van der Waals surface area contributed by atoms with Gasteiger partial charge < -0.3 is 5.11 Å². The van der Waals surface area contributed by atoms with E-state index in [9.17, 15) is 9.50 Å². The van der Waals surface area contributed by atoms with Gasteiger partial charge in [-0.05, 0) is 54.8 Å². The lowest BCUT2D eigenvalue weighted by atomic mass is 9.87. The highest BCUT2D eigenvalue weighted by Crippen LogP contribution is 2.28. The lowest BCUT2D eigenvalue weighted by Crippen LogP contribution is -2.24. The maximum absolute atomic E-state index is 13.3. The summed E-state index contributed by atoms with van der Waals surface area (Å²) in [6.45, 7) is 3.67. The third kappa shape index (κ3) is 3.43. The highest BCUT2D eigenvalue weighted by atomic mass is 79.9. The molecule has 1 N–H and O–H groups in total. The monoisotopic (exact) mass is 322 g/mol. The number of aliphatic hydroxyl groups is 1. The summed E-state index contributed by atoms with van der Waals surface area (Å²) in [5.74, 6) is -0.271. The second-order valence-corrected chi connectivity index (χ2v) is 5.94. The van der Waals surface area contributed by atoms with Gasteiger partial charge in [-0.25, -0.2) is 4.39 Å². The third-order valence-corrected chi connectivity index (χ3v) is 3.84. The Hall–Kier alpha value is -1.19. The van der Waals surface area contributed by atoms with Gasteiger partial charge >= 0.3 is 0 Å². The van der Waals surface area contributed by atoms with Crippen LogP contribution >= 0.6 is 15.9 Å². The standard InChI is InChI=1S/C16H16BrFO/c1-11-3-8-15(18)9-12(11)10-16(2,19)13-4-6-14(17)7-5-13/h3-9,19H,10H2,1-2H3. The van der Waals surface area contributed by atoms with E-state index in [4.69, 9.17) is 0 Å². The number of halogens is 2. The summed E-state index contributed by atoms with van der Waals surface area (Å²) in [5.41, 5.74) is 1.62. The molecule has 0 heterocycles. The fourth-order valence-corrected chi connectivity index (χ4v) is 2.38. The predicted molar refractivity (Wildman–Crippen MR) is 78.6 cm³/mol. The molecule has 0 aliphatic rings. The van der Waals surface area contributed by atoms with E-state index in [1.807, 2.05) is 31.2 Å². The molecule has 1 nitrogen and oxygen atoms in total. The van der Waals surface area contributed by atoms with Crippen molar-refractivity contribution in [1.82, 2.24) is 0 Å². The first-order valence-corrected chi connectivity index (χ1v) is 6.91. The lowest BCUT2D eigenvalue weighted by Gasteiger charge is -2.25. The number of benzene rings is 2. The molecule has 0 amide bonds. The van der Waals surface area contributed by atoms with Gasteiger partial charge in [-0.2, -0.15) is 0 Å². The van der Waals surface area contributed by atoms with Crippen molar-refractivity contribution >= 4 is 15.9 Å². The van der Waals surface area contributed by atoms with Gasteiger partial charge in [0.05, 0.1) is 5.60 Å². The van der Waals surface area contributed by atoms with Gasteiger partial charge in [-0.1, -0.05) is 34.1 Å². The fraction of sp³-hybridized carbons (Fsp3) is 0.250. The Morgan fingerprint density at radius 2 is 1.79 bits per heavy atom. The van der Waals surface area contributed by atoms with Crippen LogP contribution in [0.1, 0.15) is 23.6 Å². The molecular weight excluding hydrogens is 307 g/mol. The summed E-state index contributed by atoms with van der Waals surface area (Å²) < 4.78 is 14.3. The average Bonchev–Trinajstić information content (AvgIpc) is 2.34. The Bertz CT molecular complexity index is 576. The molecule has 0 spiro atoms. The Kier molecular flexibility index (Phi) is 4.07. The van der Waals surface area contributed by atoms with E-state index in [1.165, 1.54) is 12.1 Å². The minimum Gasteiger partial charge on any atom is -0.385 e. The average molecular weight is 323 g/mol. The first kappa shape index (κ1) is 14.2. The smallest absolute Gasteiger partial charge is 0.123 e. The maximum Gasteiger partial charge on any atom is 0.123 e. The van der Waals surface area contributed by atoms with Crippen molar-refractivity contribution in [2.24, 2.45) is 0 Å². The Morgan fingerprint density at radius 3 is 2.42 bits per heavy atom. The molecule has 100 valence electrons. The van der Waals surface area contributed by atoms with Crippen LogP contribution in [0, 0.1) is 12.7 Å². The molecule has 3 heteroatoms. The van der Waals surface area contributed by atoms with E-state index in [-0.39, 0.29) is 5.82 Å². The Morgan fingerprint density at radius 1 is 1.16 bits per heavy atom. The minimum absolute atomic E-state index is 0.271. The molecule has 0 aromatic heterocycles. The minimum atomic E-state index is -1.01. The second-order valence-electron chi connectivity index (χ2n) is 5.03. The van der Waals surface area contributed by atoms with Crippen LogP contribution in [0.4, 0.5) is 4.39 Å². The van der Waals surface area contributed by atoms with Crippen molar-refractivity contribution in [3.8, 4) is 0 Å². The number of aryl methyl sites for hydroxylation is 1. The Labute approximate surface area is 121 Å². The lowest BCUT2D eigenvalue weighted by molar-refractivity contribution is 0.0574. The topological polar surface area (TPSA) is 20.2 Å². The fourth-order valence-electron chi connectivity index (χ4n) is 2.11. The highest BCUT2D eigenvalue weighted by Gasteiger charge is 2.24. The van der Waals surface area contributed by atoms with E-state index >= 15 is 0 Å². The molecule has 2 rings (SSSR count). The molecule has 2 aromatic rings. The molecular formula is C16H16BrFO. The molecule has 0 saturated carbocycles. The van der Waals surface area contributed by atoms with Gasteiger partial charge in [0.15, 0.2) is 0 Å². The van der Waals surface area contributed by atoms with Crippen LogP contribution in [0.3, 0.4) is 0 Å². The third-order valence-electron chi connectivity index (χ3n) is 3.31. The molecule has 0 saturated heterocycles.